The third kappa shape index (κ3) is 2.80. The van der Waals surface area contributed by atoms with E-state index in [0.717, 1.165) is 16.0 Å². The summed E-state index contributed by atoms with van der Waals surface area (Å²) in [5.74, 6) is 0.369. The highest BCUT2D eigenvalue weighted by molar-refractivity contribution is 5.88. The van der Waals surface area contributed by atoms with Gasteiger partial charge in [0.15, 0.2) is 5.82 Å². The first-order valence-corrected chi connectivity index (χ1v) is 8.38. The zero-order chi connectivity index (χ0) is 19.1. The fraction of sp³-hybridized carbons (Fsp3) is 0.105. The molecule has 2 aromatic carbocycles. The van der Waals surface area contributed by atoms with Crippen molar-refractivity contribution in [1.82, 2.24) is 19.7 Å². The Labute approximate surface area is 154 Å². The summed E-state index contributed by atoms with van der Waals surface area (Å²) in [5.41, 5.74) is 15.6. The van der Waals surface area contributed by atoms with Crippen molar-refractivity contribution < 1.29 is 9.60 Å². The Balaban J connectivity index is 1.89. The molecule has 4 rings (SSSR count). The Hall–Kier alpha value is -3.68. The van der Waals surface area contributed by atoms with E-state index < -0.39 is 0 Å². The molecular formula is C19H17FN6O. The van der Waals surface area contributed by atoms with Crippen LogP contribution in [-0.2, 0) is 6.42 Å². The van der Waals surface area contributed by atoms with Crippen LogP contribution < -0.4 is 11.5 Å². The molecule has 27 heavy (non-hydrogen) atoms. The number of rotatable bonds is 3. The zero-order valence-electron chi connectivity index (χ0n) is 14.5. The number of halogens is 1. The van der Waals surface area contributed by atoms with E-state index in [2.05, 4.69) is 15.0 Å². The van der Waals surface area contributed by atoms with Crippen molar-refractivity contribution in [2.75, 3.05) is 11.5 Å². The van der Waals surface area contributed by atoms with Crippen LogP contribution >= 0.6 is 0 Å². The number of imidazole rings is 1. The number of anilines is 2. The molecule has 0 atom stereocenters. The van der Waals surface area contributed by atoms with Crippen LogP contribution in [0.4, 0.5) is 16.2 Å². The summed E-state index contributed by atoms with van der Waals surface area (Å²) in [6.45, 7) is 1.95. The van der Waals surface area contributed by atoms with E-state index in [4.69, 9.17) is 11.5 Å². The minimum atomic E-state index is -0.354. The van der Waals surface area contributed by atoms with Crippen LogP contribution in [0.5, 0.6) is 0 Å². The quantitative estimate of drug-likeness (QED) is 0.481. The summed E-state index contributed by atoms with van der Waals surface area (Å²) >= 11 is 0. The maximum absolute atomic E-state index is 13.2. The second-order valence-corrected chi connectivity index (χ2v) is 6.10. The molecule has 5 N–H and O–H groups in total. The summed E-state index contributed by atoms with van der Waals surface area (Å²) in [6, 6.07) is 11.1. The van der Waals surface area contributed by atoms with Crippen molar-refractivity contribution in [3.05, 3.63) is 54.0 Å². The van der Waals surface area contributed by atoms with Gasteiger partial charge >= 0.3 is 0 Å². The number of aromatic nitrogens is 4. The second kappa shape index (κ2) is 6.24. The van der Waals surface area contributed by atoms with E-state index in [1.165, 1.54) is 12.1 Å². The van der Waals surface area contributed by atoms with Gasteiger partial charge in [-0.15, -0.1) is 0 Å². The van der Waals surface area contributed by atoms with Crippen LogP contribution in [0.2, 0.25) is 0 Å². The lowest BCUT2D eigenvalue weighted by Crippen LogP contribution is -2.06. The standard InChI is InChI=1S/C19H17FN6O/c1-2-13-16(17(21)25-19(22)24-13)11-5-8-14-15(9-11)26(27)18(23-14)10-3-6-12(20)7-4-10/h3-9,27H,2H2,1H3,(H4,21,22,24,25). The fourth-order valence-electron chi connectivity index (χ4n) is 3.12. The van der Waals surface area contributed by atoms with Gasteiger partial charge in [0.05, 0.1) is 11.2 Å². The molecule has 0 aliphatic rings. The molecule has 2 aromatic heterocycles. The van der Waals surface area contributed by atoms with Crippen LogP contribution in [0.25, 0.3) is 33.5 Å². The summed E-state index contributed by atoms with van der Waals surface area (Å²) in [4.78, 5) is 12.7. The smallest absolute Gasteiger partial charge is 0.222 e. The molecule has 0 unspecified atom stereocenters. The first-order valence-electron chi connectivity index (χ1n) is 8.38. The molecule has 0 aliphatic carbocycles. The van der Waals surface area contributed by atoms with Gasteiger partial charge in [-0.25, -0.2) is 14.4 Å². The predicted octanol–water partition coefficient (Wildman–Crippen LogP) is 3.26. The third-order valence-corrected chi connectivity index (χ3v) is 4.39. The molecule has 2 heterocycles. The number of aryl methyl sites for hydroxylation is 1. The largest absolute Gasteiger partial charge is 0.426 e. The van der Waals surface area contributed by atoms with Crippen molar-refractivity contribution in [2.24, 2.45) is 0 Å². The highest BCUT2D eigenvalue weighted by atomic mass is 19.1. The summed E-state index contributed by atoms with van der Waals surface area (Å²) in [5, 5.41) is 10.6. The lowest BCUT2D eigenvalue weighted by molar-refractivity contribution is 0.203. The molecule has 0 saturated carbocycles. The van der Waals surface area contributed by atoms with Gasteiger partial charge in [0.2, 0.25) is 5.95 Å². The Morgan fingerprint density at radius 3 is 2.41 bits per heavy atom. The van der Waals surface area contributed by atoms with E-state index in [1.807, 2.05) is 13.0 Å². The monoisotopic (exact) mass is 364 g/mol. The lowest BCUT2D eigenvalue weighted by Gasteiger charge is -2.11. The molecule has 7 nitrogen and oxygen atoms in total. The Morgan fingerprint density at radius 2 is 1.70 bits per heavy atom. The third-order valence-electron chi connectivity index (χ3n) is 4.39. The maximum atomic E-state index is 13.2. The maximum Gasteiger partial charge on any atom is 0.222 e. The molecule has 0 radical (unpaired) electrons. The van der Waals surface area contributed by atoms with E-state index in [0.29, 0.717) is 34.4 Å². The number of benzene rings is 2. The molecule has 0 bridgehead atoms. The number of nitrogen functional groups attached to an aromatic ring is 2. The average molecular weight is 364 g/mol. The lowest BCUT2D eigenvalue weighted by atomic mass is 10.0. The number of nitrogens with two attached hydrogens (primary N) is 2. The van der Waals surface area contributed by atoms with Gasteiger partial charge in [0.1, 0.15) is 17.2 Å². The van der Waals surface area contributed by atoms with Crippen LogP contribution in [0.1, 0.15) is 12.6 Å². The van der Waals surface area contributed by atoms with Gasteiger partial charge in [0, 0.05) is 11.1 Å². The van der Waals surface area contributed by atoms with E-state index in [1.54, 1.807) is 24.3 Å². The Kier molecular flexibility index (Phi) is 3.88. The Morgan fingerprint density at radius 1 is 1.00 bits per heavy atom. The highest BCUT2D eigenvalue weighted by Gasteiger charge is 2.17. The molecule has 8 heteroatoms. The summed E-state index contributed by atoms with van der Waals surface area (Å²) in [6.07, 6.45) is 0.628. The zero-order valence-corrected chi connectivity index (χ0v) is 14.5. The van der Waals surface area contributed by atoms with Gasteiger partial charge in [-0.3, -0.25) is 0 Å². The van der Waals surface area contributed by atoms with Gasteiger partial charge in [-0.1, -0.05) is 13.0 Å². The summed E-state index contributed by atoms with van der Waals surface area (Å²) < 4.78 is 14.1. The molecule has 0 fully saturated rings. The number of fused-ring (bicyclic) bond motifs is 1. The van der Waals surface area contributed by atoms with Gasteiger partial charge in [-0.2, -0.15) is 9.71 Å². The van der Waals surface area contributed by atoms with Crippen LogP contribution in [0.15, 0.2) is 42.5 Å². The van der Waals surface area contributed by atoms with E-state index in [9.17, 15) is 9.60 Å². The number of nitrogens with zero attached hydrogens (tertiary/aromatic N) is 4. The van der Waals surface area contributed by atoms with Crippen molar-refractivity contribution in [3.63, 3.8) is 0 Å². The molecule has 0 saturated heterocycles. The predicted molar refractivity (Wildman–Crippen MR) is 102 cm³/mol. The molecule has 0 aliphatic heterocycles. The fourth-order valence-corrected chi connectivity index (χ4v) is 3.12. The van der Waals surface area contributed by atoms with Crippen molar-refractivity contribution in [3.8, 4) is 22.5 Å². The van der Waals surface area contributed by atoms with Crippen LogP contribution in [0.3, 0.4) is 0 Å². The molecule has 0 spiro atoms. The SMILES string of the molecule is CCc1nc(N)nc(N)c1-c1ccc2nc(-c3ccc(F)cc3)n(O)c2c1. The Bertz CT molecular complexity index is 1150. The van der Waals surface area contributed by atoms with Gasteiger partial charge in [0.25, 0.3) is 0 Å². The molecule has 4 aromatic rings. The first kappa shape index (κ1) is 16.8. The van der Waals surface area contributed by atoms with Crippen LogP contribution in [0, 0.1) is 5.82 Å². The van der Waals surface area contributed by atoms with Crippen molar-refractivity contribution >= 4 is 22.8 Å². The number of hydrogen-bond acceptors (Lipinski definition) is 6. The second-order valence-electron chi connectivity index (χ2n) is 6.10. The normalized spacial score (nSPS) is 11.2. The average Bonchev–Trinajstić information content (AvgIpc) is 2.98. The molecule has 0 amide bonds. The minimum Gasteiger partial charge on any atom is -0.426 e. The van der Waals surface area contributed by atoms with Crippen molar-refractivity contribution in [1.29, 1.82) is 0 Å². The van der Waals surface area contributed by atoms with Gasteiger partial charge < -0.3 is 16.7 Å². The minimum absolute atomic E-state index is 0.125. The topological polar surface area (TPSA) is 116 Å². The summed E-state index contributed by atoms with van der Waals surface area (Å²) in [7, 11) is 0. The van der Waals surface area contributed by atoms with E-state index >= 15 is 0 Å². The molecule has 136 valence electrons. The first-order chi connectivity index (χ1) is 13.0. The van der Waals surface area contributed by atoms with Crippen molar-refractivity contribution in [2.45, 2.75) is 13.3 Å². The van der Waals surface area contributed by atoms with E-state index in [-0.39, 0.29) is 17.6 Å². The number of hydrogen-bond donors (Lipinski definition) is 3. The van der Waals surface area contributed by atoms with Gasteiger partial charge in [-0.05, 0) is 48.4 Å². The highest BCUT2D eigenvalue weighted by Crippen LogP contribution is 2.32. The van der Waals surface area contributed by atoms with Crippen LogP contribution in [-0.4, -0.2) is 24.9 Å². The molecular weight excluding hydrogens is 347 g/mol.